The molecule has 0 aliphatic heterocycles. The number of rotatable bonds is 3. The molecule has 1 heterocycles. The Bertz CT molecular complexity index is 537. The molecule has 0 atom stereocenters. The Morgan fingerprint density at radius 2 is 2.11 bits per heavy atom. The smallest absolute Gasteiger partial charge is 0.189 e. The second-order valence-electron chi connectivity index (χ2n) is 3.53. The van der Waals surface area contributed by atoms with E-state index >= 15 is 0 Å². The lowest BCUT2D eigenvalue weighted by molar-refractivity contribution is 0.979. The molecule has 0 saturated heterocycles. The second-order valence-corrected chi connectivity index (χ2v) is 5.23. The zero-order valence-electron chi connectivity index (χ0n) is 9.74. The Hall–Kier alpha value is -1.17. The number of hydrogen-bond acceptors (Lipinski definition) is 3. The summed E-state index contributed by atoms with van der Waals surface area (Å²) < 4.78 is 0. The molecular formula is C12H12ClN3S2. The van der Waals surface area contributed by atoms with Crippen LogP contribution in [0.15, 0.2) is 29.6 Å². The Balaban J connectivity index is 2.10. The van der Waals surface area contributed by atoms with Crippen LogP contribution in [0, 0.1) is 0 Å². The fourth-order valence-corrected chi connectivity index (χ4v) is 2.54. The molecule has 0 aliphatic carbocycles. The highest BCUT2D eigenvalue weighted by Gasteiger charge is 2.05. The minimum atomic E-state index is 0.592. The summed E-state index contributed by atoms with van der Waals surface area (Å²) in [7, 11) is 0. The zero-order chi connectivity index (χ0) is 13.0. The summed E-state index contributed by atoms with van der Waals surface area (Å²) in [6.07, 6.45) is 0. The quantitative estimate of drug-likeness (QED) is 0.846. The number of benzene rings is 1. The number of thiazole rings is 1. The molecule has 3 nitrogen and oxygen atoms in total. The molecule has 2 N–H and O–H groups in total. The van der Waals surface area contributed by atoms with Crippen molar-refractivity contribution in [3.05, 3.63) is 34.7 Å². The van der Waals surface area contributed by atoms with Crippen LogP contribution in [0.3, 0.4) is 0 Å². The highest BCUT2D eigenvalue weighted by Crippen LogP contribution is 2.25. The van der Waals surface area contributed by atoms with Gasteiger partial charge in [-0.05, 0) is 31.3 Å². The van der Waals surface area contributed by atoms with Gasteiger partial charge < -0.3 is 10.6 Å². The van der Waals surface area contributed by atoms with Gasteiger partial charge in [0.25, 0.3) is 0 Å². The first-order valence-corrected chi connectivity index (χ1v) is 7.12. The van der Waals surface area contributed by atoms with Crippen molar-refractivity contribution < 1.29 is 0 Å². The van der Waals surface area contributed by atoms with Gasteiger partial charge in [-0.15, -0.1) is 11.3 Å². The maximum Gasteiger partial charge on any atom is 0.189 e. The van der Waals surface area contributed by atoms with E-state index in [0.717, 1.165) is 28.0 Å². The van der Waals surface area contributed by atoms with E-state index in [-0.39, 0.29) is 0 Å². The fraction of sp³-hybridized carbons (Fsp3) is 0.167. The topological polar surface area (TPSA) is 37.0 Å². The molecule has 0 radical (unpaired) electrons. The number of nitrogens with zero attached hydrogens (tertiary/aromatic N) is 1. The van der Waals surface area contributed by atoms with Crippen molar-refractivity contribution in [1.29, 1.82) is 0 Å². The van der Waals surface area contributed by atoms with Crippen LogP contribution >= 0.6 is 35.2 Å². The molecule has 1 aromatic heterocycles. The first-order chi connectivity index (χ1) is 8.69. The van der Waals surface area contributed by atoms with E-state index in [4.69, 9.17) is 23.8 Å². The molecule has 6 heteroatoms. The molecule has 18 heavy (non-hydrogen) atoms. The zero-order valence-corrected chi connectivity index (χ0v) is 12.1. The van der Waals surface area contributed by atoms with Gasteiger partial charge in [0.05, 0.1) is 5.69 Å². The number of anilines is 1. The normalized spacial score (nSPS) is 10.1. The summed E-state index contributed by atoms with van der Waals surface area (Å²) in [5.74, 6) is 0. The lowest BCUT2D eigenvalue weighted by atomic mass is 10.2. The van der Waals surface area contributed by atoms with Crippen LogP contribution in [0.1, 0.15) is 6.92 Å². The predicted molar refractivity (Wildman–Crippen MR) is 82.5 cm³/mol. The van der Waals surface area contributed by atoms with Crippen LogP contribution in [-0.4, -0.2) is 16.6 Å². The van der Waals surface area contributed by atoms with E-state index in [1.807, 2.05) is 36.6 Å². The highest BCUT2D eigenvalue weighted by atomic mass is 35.5. The SMILES string of the molecule is CCNC(=S)Nc1nc(-c2ccc(Cl)cc2)cs1. The Labute approximate surface area is 120 Å². The third-order valence-electron chi connectivity index (χ3n) is 2.20. The van der Waals surface area contributed by atoms with Gasteiger partial charge in [-0.1, -0.05) is 23.7 Å². The number of aromatic nitrogens is 1. The molecular weight excluding hydrogens is 286 g/mol. The molecule has 0 saturated carbocycles. The lowest BCUT2D eigenvalue weighted by Gasteiger charge is -2.04. The Morgan fingerprint density at radius 3 is 2.78 bits per heavy atom. The van der Waals surface area contributed by atoms with E-state index in [9.17, 15) is 0 Å². The van der Waals surface area contributed by atoms with Gasteiger partial charge in [0.1, 0.15) is 0 Å². The van der Waals surface area contributed by atoms with Crippen molar-refractivity contribution in [1.82, 2.24) is 10.3 Å². The molecule has 2 aromatic rings. The van der Waals surface area contributed by atoms with E-state index in [2.05, 4.69) is 15.6 Å². The van der Waals surface area contributed by atoms with E-state index in [1.165, 1.54) is 11.3 Å². The van der Waals surface area contributed by atoms with Crippen molar-refractivity contribution in [2.45, 2.75) is 6.92 Å². The van der Waals surface area contributed by atoms with Crippen LogP contribution < -0.4 is 10.6 Å². The molecule has 0 fully saturated rings. The van der Waals surface area contributed by atoms with Gasteiger partial charge in [-0.2, -0.15) is 0 Å². The molecule has 0 amide bonds. The average Bonchev–Trinajstić information content (AvgIpc) is 2.78. The first kappa shape index (κ1) is 13.3. The van der Waals surface area contributed by atoms with Gasteiger partial charge in [0, 0.05) is 22.5 Å². The molecule has 0 aliphatic rings. The summed E-state index contributed by atoms with van der Waals surface area (Å²) in [5, 5.41) is 10.2. The highest BCUT2D eigenvalue weighted by molar-refractivity contribution is 7.80. The number of thiocarbonyl (C=S) groups is 1. The van der Waals surface area contributed by atoms with Crippen LogP contribution in [0.5, 0.6) is 0 Å². The first-order valence-electron chi connectivity index (χ1n) is 5.45. The summed E-state index contributed by atoms with van der Waals surface area (Å²) in [4.78, 5) is 4.47. The van der Waals surface area contributed by atoms with Crippen LogP contribution in [0.25, 0.3) is 11.3 Å². The summed E-state index contributed by atoms with van der Waals surface area (Å²) in [6, 6.07) is 7.60. The minimum Gasteiger partial charge on any atom is -0.363 e. The third-order valence-corrected chi connectivity index (χ3v) is 3.46. The van der Waals surface area contributed by atoms with E-state index < -0.39 is 0 Å². The molecule has 0 unspecified atom stereocenters. The van der Waals surface area contributed by atoms with Crippen molar-refractivity contribution in [2.24, 2.45) is 0 Å². The number of hydrogen-bond donors (Lipinski definition) is 2. The molecule has 0 bridgehead atoms. The molecule has 94 valence electrons. The van der Waals surface area contributed by atoms with Crippen molar-refractivity contribution in [3.8, 4) is 11.3 Å². The van der Waals surface area contributed by atoms with Gasteiger partial charge >= 0.3 is 0 Å². The van der Waals surface area contributed by atoms with Crippen molar-refractivity contribution >= 4 is 45.4 Å². The van der Waals surface area contributed by atoms with Crippen LogP contribution in [-0.2, 0) is 0 Å². The van der Waals surface area contributed by atoms with Crippen molar-refractivity contribution in [3.63, 3.8) is 0 Å². The van der Waals surface area contributed by atoms with Crippen molar-refractivity contribution in [2.75, 3.05) is 11.9 Å². The average molecular weight is 298 g/mol. The number of nitrogens with one attached hydrogen (secondary N) is 2. The van der Waals surface area contributed by atoms with Gasteiger partial charge in [-0.3, -0.25) is 0 Å². The van der Waals surface area contributed by atoms with E-state index in [1.54, 1.807) is 0 Å². The van der Waals surface area contributed by atoms with Gasteiger partial charge in [-0.25, -0.2) is 4.98 Å². The maximum atomic E-state index is 5.85. The van der Waals surface area contributed by atoms with Gasteiger partial charge in [0.2, 0.25) is 0 Å². The lowest BCUT2D eigenvalue weighted by Crippen LogP contribution is -2.27. The third kappa shape index (κ3) is 3.41. The fourth-order valence-electron chi connectivity index (χ4n) is 1.39. The van der Waals surface area contributed by atoms with Crippen LogP contribution in [0.4, 0.5) is 5.13 Å². The predicted octanol–water partition coefficient (Wildman–Crippen LogP) is 3.77. The second kappa shape index (κ2) is 6.13. The Morgan fingerprint density at radius 1 is 1.39 bits per heavy atom. The molecule has 1 aromatic carbocycles. The maximum absolute atomic E-state index is 5.85. The van der Waals surface area contributed by atoms with Gasteiger partial charge in [0.15, 0.2) is 10.2 Å². The Kier molecular flexibility index (Phi) is 4.52. The van der Waals surface area contributed by atoms with Crippen LogP contribution in [0.2, 0.25) is 5.02 Å². The summed E-state index contributed by atoms with van der Waals surface area (Å²) in [6.45, 7) is 2.79. The number of halogens is 1. The largest absolute Gasteiger partial charge is 0.363 e. The molecule has 0 spiro atoms. The molecule has 2 rings (SSSR count). The minimum absolute atomic E-state index is 0.592. The standard InChI is InChI=1S/C12H12ClN3S2/c1-2-14-11(17)16-12-15-10(7-18-12)8-3-5-9(13)6-4-8/h3-7H,2H2,1H3,(H2,14,15,16,17). The monoisotopic (exact) mass is 297 g/mol. The summed E-state index contributed by atoms with van der Waals surface area (Å²) >= 11 is 12.5. The summed E-state index contributed by atoms with van der Waals surface area (Å²) in [5.41, 5.74) is 1.96. The van der Waals surface area contributed by atoms with E-state index in [0.29, 0.717) is 5.11 Å².